The Kier molecular flexibility index (Phi) is 4.09. The van der Waals surface area contributed by atoms with E-state index in [4.69, 9.17) is 0 Å². The number of hydrogen-bond donors (Lipinski definition) is 1. The van der Waals surface area contributed by atoms with Gasteiger partial charge in [0.2, 0.25) is 0 Å². The molecule has 0 aliphatic heterocycles. The van der Waals surface area contributed by atoms with E-state index in [9.17, 15) is 0 Å². The first-order chi connectivity index (χ1) is 7.42. The molecule has 1 unspecified atom stereocenters. The van der Waals surface area contributed by atoms with Crippen LogP contribution in [0.2, 0.25) is 0 Å². The Balaban J connectivity index is 2.02. The van der Waals surface area contributed by atoms with E-state index in [1.165, 1.54) is 30.6 Å². The third-order valence-corrected chi connectivity index (χ3v) is 3.68. The second-order valence-corrected chi connectivity index (χ2v) is 5.08. The van der Waals surface area contributed by atoms with Gasteiger partial charge in [0, 0.05) is 18.3 Å². The van der Waals surface area contributed by atoms with Gasteiger partial charge in [0.05, 0.1) is 0 Å². The molecule has 0 spiro atoms. The van der Waals surface area contributed by atoms with E-state index in [0.29, 0.717) is 6.04 Å². The number of nitrogens with one attached hydrogen (secondary N) is 1. The lowest BCUT2D eigenvalue weighted by Crippen LogP contribution is -2.27. The van der Waals surface area contributed by atoms with Crippen molar-refractivity contribution in [3.8, 4) is 0 Å². The largest absolute Gasteiger partial charge is 0.309 e. The Bertz CT molecular complexity index is 311. The number of benzene rings is 1. The lowest BCUT2D eigenvalue weighted by molar-refractivity contribution is 0.473. The van der Waals surface area contributed by atoms with E-state index < -0.39 is 0 Å². The third-order valence-electron chi connectivity index (χ3n) is 3.07. The van der Waals surface area contributed by atoms with Crippen LogP contribution in [-0.4, -0.2) is 18.6 Å². The first kappa shape index (κ1) is 11.0. The van der Waals surface area contributed by atoms with Gasteiger partial charge in [-0.2, -0.15) is 11.8 Å². The molecule has 0 saturated heterocycles. The lowest BCUT2D eigenvalue weighted by atomic mass is 9.88. The minimum absolute atomic E-state index is 0.599. The van der Waals surface area contributed by atoms with Crippen LogP contribution in [0.3, 0.4) is 0 Å². The van der Waals surface area contributed by atoms with E-state index >= 15 is 0 Å². The molecule has 1 aliphatic rings. The highest BCUT2D eigenvalue weighted by Gasteiger charge is 2.18. The van der Waals surface area contributed by atoms with Crippen LogP contribution in [0.25, 0.3) is 0 Å². The van der Waals surface area contributed by atoms with Crippen LogP contribution in [0, 0.1) is 0 Å². The molecule has 1 aliphatic carbocycles. The summed E-state index contributed by atoms with van der Waals surface area (Å²) in [4.78, 5) is 0. The van der Waals surface area contributed by atoms with Crippen LogP contribution in [0.5, 0.6) is 0 Å². The zero-order valence-corrected chi connectivity index (χ0v) is 10.1. The summed E-state index contributed by atoms with van der Waals surface area (Å²) in [7, 11) is 0. The van der Waals surface area contributed by atoms with Crippen LogP contribution in [0.1, 0.15) is 30.0 Å². The van der Waals surface area contributed by atoms with Crippen molar-refractivity contribution in [1.82, 2.24) is 5.32 Å². The predicted octanol–water partition coefficient (Wildman–Crippen LogP) is 3.02. The fraction of sp³-hybridized carbons (Fsp3) is 0.538. The molecule has 82 valence electrons. The maximum atomic E-state index is 3.66. The van der Waals surface area contributed by atoms with Gasteiger partial charge in [-0.15, -0.1) is 0 Å². The molecular formula is C13H19NS. The van der Waals surface area contributed by atoms with Gasteiger partial charge in [-0.05, 0) is 36.6 Å². The van der Waals surface area contributed by atoms with Crippen LogP contribution >= 0.6 is 11.8 Å². The highest BCUT2D eigenvalue weighted by Crippen LogP contribution is 2.29. The van der Waals surface area contributed by atoms with Crippen molar-refractivity contribution in [2.45, 2.75) is 25.3 Å². The van der Waals surface area contributed by atoms with Gasteiger partial charge in [0.1, 0.15) is 0 Å². The van der Waals surface area contributed by atoms with Crippen molar-refractivity contribution in [2.75, 3.05) is 18.6 Å². The second kappa shape index (κ2) is 5.57. The Morgan fingerprint density at radius 3 is 3.13 bits per heavy atom. The van der Waals surface area contributed by atoms with E-state index in [1.54, 1.807) is 5.56 Å². The quantitative estimate of drug-likeness (QED) is 0.784. The average Bonchev–Trinajstić information content (AvgIpc) is 2.30. The Labute approximate surface area is 96.7 Å². The Morgan fingerprint density at radius 2 is 2.27 bits per heavy atom. The number of thioether (sulfide) groups is 1. The SMILES string of the molecule is CSCCNC1CCCc2ccccc21. The summed E-state index contributed by atoms with van der Waals surface area (Å²) in [6.07, 6.45) is 6.05. The van der Waals surface area contributed by atoms with Gasteiger partial charge in [-0.25, -0.2) is 0 Å². The van der Waals surface area contributed by atoms with Crippen molar-refractivity contribution < 1.29 is 0 Å². The fourth-order valence-corrected chi connectivity index (χ4v) is 2.62. The predicted molar refractivity (Wildman–Crippen MR) is 68.5 cm³/mol. The van der Waals surface area contributed by atoms with Gasteiger partial charge >= 0.3 is 0 Å². The van der Waals surface area contributed by atoms with E-state index in [-0.39, 0.29) is 0 Å². The van der Waals surface area contributed by atoms with Gasteiger partial charge in [-0.1, -0.05) is 24.3 Å². The summed E-state index contributed by atoms with van der Waals surface area (Å²) < 4.78 is 0. The molecule has 2 rings (SSSR count). The Hall–Kier alpha value is -0.470. The summed E-state index contributed by atoms with van der Waals surface area (Å²) in [5, 5.41) is 3.66. The second-order valence-electron chi connectivity index (χ2n) is 4.09. The van der Waals surface area contributed by atoms with Crippen LogP contribution in [0.15, 0.2) is 24.3 Å². The van der Waals surface area contributed by atoms with E-state index in [2.05, 4.69) is 35.8 Å². The monoisotopic (exact) mass is 221 g/mol. The molecular weight excluding hydrogens is 202 g/mol. The summed E-state index contributed by atoms with van der Waals surface area (Å²) in [5.74, 6) is 1.21. The molecule has 0 amide bonds. The van der Waals surface area contributed by atoms with E-state index in [1.807, 2.05) is 11.8 Å². The molecule has 0 bridgehead atoms. The first-order valence-electron chi connectivity index (χ1n) is 5.72. The highest BCUT2D eigenvalue weighted by atomic mass is 32.2. The summed E-state index contributed by atoms with van der Waals surface area (Å²) >= 11 is 1.91. The van der Waals surface area contributed by atoms with Gasteiger partial charge in [0.25, 0.3) is 0 Å². The molecule has 0 radical (unpaired) electrons. The zero-order valence-electron chi connectivity index (χ0n) is 9.33. The first-order valence-corrected chi connectivity index (χ1v) is 7.11. The maximum absolute atomic E-state index is 3.66. The highest BCUT2D eigenvalue weighted by molar-refractivity contribution is 7.98. The minimum Gasteiger partial charge on any atom is -0.309 e. The lowest BCUT2D eigenvalue weighted by Gasteiger charge is -2.26. The molecule has 0 aromatic heterocycles. The molecule has 1 N–H and O–H groups in total. The van der Waals surface area contributed by atoms with Gasteiger partial charge < -0.3 is 5.32 Å². The molecule has 0 heterocycles. The Morgan fingerprint density at radius 1 is 1.40 bits per heavy atom. The number of hydrogen-bond acceptors (Lipinski definition) is 2. The number of aryl methyl sites for hydroxylation is 1. The molecule has 1 aromatic carbocycles. The van der Waals surface area contributed by atoms with Crippen LogP contribution in [0.4, 0.5) is 0 Å². The molecule has 1 nitrogen and oxygen atoms in total. The van der Waals surface area contributed by atoms with Crippen molar-refractivity contribution >= 4 is 11.8 Å². The van der Waals surface area contributed by atoms with Crippen LogP contribution in [-0.2, 0) is 6.42 Å². The molecule has 0 saturated carbocycles. The summed E-state index contributed by atoms with van der Waals surface area (Å²) in [5.41, 5.74) is 3.08. The van der Waals surface area contributed by atoms with Gasteiger partial charge in [0.15, 0.2) is 0 Å². The molecule has 0 fully saturated rings. The molecule has 1 aromatic rings. The van der Waals surface area contributed by atoms with Crippen molar-refractivity contribution in [1.29, 1.82) is 0 Å². The third kappa shape index (κ3) is 2.76. The molecule has 2 heteroatoms. The van der Waals surface area contributed by atoms with Crippen molar-refractivity contribution in [3.63, 3.8) is 0 Å². The summed E-state index contributed by atoms with van der Waals surface area (Å²) in [6, 6.07) is 9.47. The average molecular weight is 221 g/mol. The number of fused-ring (bicyclic) bond motifs is 1. The van der Waals surface area contributed by atoms with E-state index in [0.717, 1.165) is 6.54 Å². The fourth-order valence-electron chi connectivity index (χ4n) is 2.30. The maximum Gasteiger partial charge on any atom is 0.0323 e. The smallest absolute Gasteiger partial charge is 0.0323 e. The van der Waals surface area contributed by atoms with Crippen molar-refractivity contribution in [2.24, 2.45) is 0 Å². The summed E-state index contributed by atoms with van der Waals surface area (Å²) in [6.45, 7) is 1.13. The molecule has 1 atom stereocenters. The zero-order chi connectivity index (χ0) is 10.5. The molecule has 15 heavy (non-hydrogen) atoms. The topological polar surface area (TPSA) is 12.0 Å². The normalized spacial score (nSPS) is 19.9. The standard InChI is InChI=1S/C13H19NS/c1-15-10-9-14-13-8-4-6-11-5-2-3-7-12(11)13/h2-3,5,7,13-14H,4,6,8-10H2,1H3. The number of rotatable bonds is 4. The minimum atomic E-state index is 0.599. The van der Waals surface area contributed by atoms with Crippen molar-refractivity contribution in [3.05, 3.63) is 35.4 Å². The van der Waals surface area contributed by atoms with Crippen LogP contribution < -0.4 is 5.32 Å². The van der Waals surface area contributed by atoms with Gasteiger partial charge in [-0.3, -0.25) is 0 Å².